The maximum absolute atomic E-state index is 13.4. The van der Waals surface area contributed by atoms with Crippen molar-refractivity contribution in [2.45, 2.75) is 102 Å². The summed E-state index contributed by atoms with van der Waals surface area (Å²) in [6.45, 7) is 0.189. The Morgan fingerprint density at radius 3 is 1.41 bits per heavy atom. The predicted octanol–water partition coefficient (Wildman–Crippen LogP) is 8.38. The van der Waals surface area contributed by atoms with Gasteiger partial charge in [0.1, 0.15) is 58.0 Å². The highest BCUT2D eigenvalue weighted by atomic mass is 19.1. The Morgan fingerprint density at radius 2 is 1.00 bits per heavy atom. The van der Waals surface area contributed by atoms with E-state index in [-0.39, 0.29) is 36.2 Å². The van der Waals surface area contributed by atoms with Gasteiger partial charge in [0.25, 0.3) is 0 Å². The second-order valence-electron chi connectivity index (χ2n) is 11.3. The van der Waals surface area contributed by atoms with E-state index in [0.717, 1.165) is 63.5 Å². The van der Waals surface area contributed by atoms with Gasteiger partial charge in [0.15, 0.2) is 0 Å². The molecule has 3 fully saturated rings. The van der Waals surface area contributed by atoms with E-state index < -0.39 is 23.0 Å². The molecular formula is C36H41F4N3O3. The number of nitriles is 2. The van der Waals surface area contributed by atoms with Gasteiger partial charge in [0.05, 0.1) is 18.3 Å². The van der Waals surface area contributed by atoms with Crippen molar-refractivity contribution in [2.75, 3.05) is 0 Å². The minimum atomic E-state index is -0.817. The summed E-state index contributed by atoms with van der Waals surface area (Å²) in [6.07, 6.45) is 13.9. The van der Waals surface area contributed by atoms with E-state index in [9.17, 15) is 17.6 Å². The zero-order valence-corrected chi connectivity index (χ0v) is 25.9. The first-order valence-electron chi connectivity index (χ1n) is 15.8. The van der Waals surface area contributed by atoms with Crippen molar-refractivity contribution in [3.05, 3.63) is 94.6 Å². The van der Waals surface area contributed by atoms with Crippen molar-refractivity contribution in [2.24, 2.45) is 5.73 Å². The van der Waals surface area contributed by atoms with E-state index in [1.165, 1.54) is 50.0 Å². The molecule has 3 N–H and O–H groups in total. The lowest BCUT2D eigenvalue weighted by Crippen LogP contribution is -2.13. The van der Waals surface area contributed by atoms with Gasteiger partial charge in [-0.2, -0.15) is 10.5 Å². The summed E-state index contributed by atoms with van der Waals surface area (Å²) in [5.74, 6) is -1.42. The number of benzene rings is 3. The summed E-state index contributed by atoms with van der Waals surface area (Å²) < 4.78 is 62.7. The maximum atomic E-state index is 13.4. The van der Waals surface area contributed by atoms with Crippen LogP contribution in [0.15, 0.2) is 54.6 Å². The van der Waals surface area contributed by atoms with Crippen LogP contribution in [0, 0.1) is 45.9 Å². The molecule has 0 heterocycles. The molecule has 0 unspecified atom stereocenters. The van der Waals surface area contributed by atoms with Gasteiger partial charge >= 0.3 is 0 Å². The predicted molar refractivity (Wildman–Crippen MR) is 167 cm³/mol. The van der Waals surface area contributed by atoms with E-state index >= 15 is 0 Å². The van der Waals surface area contributed by atoms with Crippen LogP contribution in [0.25, 0.3) is 0 Å². The van der Waals surface area contributed by atoms with Crippen molar-refractivity contribution < 1.29 is 32.1 Å². The van der Waals surface area contributed by atoms with Gasteiger partial charge < -0.3 is 20.3 Å². The number of nitrogens with zero attached hydrogens (tertiary/aromatic N) is 2. The van der Waals surface area contributed by atoms with Crippen LogP contribution in [0.2, 0.25) is 0 Å². The second kappa shape index (κ2) is 19.4. The highest BCUT2D eigenvalue weighted by molar-refractivity contribution is 5.44. The van der Waals surface area contributed by atoms with E-state index in [4.69, 9.17) is 30.8 Å². The van der Waals surface area contributed by atoms with Crippen LogP contribution < -0.4 is 15.2 Å². The first-order valence-corrected chi connectivity index (χ1v) is 15.8. The van der Waals surface area contributed by atoms with E-state index in [1.807, 2.05) is 6.07 Å². The number of halogens is 4. The third-order valence-electron chi connectivity index (χ3n) is 7.96. The van der Waals surface area contributed by atoms with Crippen molar-refractivity contribution in [3.8, 4) is 23.6 Å². The Kier molecular flexibility index (Phi) is 15.3. The average Bonchev–Trinajstić information content (AvgIpc) is 3.85. The van der Waals surface area contributed by atoms with Crippen LogP contribution >= 0.6 is 0 Å². The minimum absolute atomic E-state index is 0.0180. The quantitative estimate of drug-likeness (QED) is 0.271. The number of hydrogen-bond acceptors (Lipinski definition) is 6. The molecule has 3 aromatic rings. The molecule has 46 heavy (non-hydrogen) atoms. The van der Waals surface area contributed by atoms with Crippen molar-refractivity contribution in [1.29, 1.82) is 10.5 Å². The van der Waals surface area contributed by atoms with Crippen LogP contribution in [0.4, 0.5) is 17.6 Å². The SMILES string of the molecule is N#Cc1c(F)cccc1F.N#Cc1c(F)cccc1OC1CCCC1.NCc1c(F)cccc1OC1CCCC1.OC1CCCC1. The fraction of sp³-hybridized carbons (Fsp3) is 0.444. The van der Waals surface area contributed by atoms with E-state index in [0.29, 0.717) is 17.1 Å². The van der Waals surface area contributed by atoms with Crippen molar-refractivity contribution in [3.63, 3.8) is 0 Å². The van der Waals surface area contributed by atoms with Gasteiger partial charge in [-0.25, -0.2) is 17.6 Å². The average molecular weight is 640 g/mol. The molecule has 3 aliphatic carbocycles. The third kappa shape index (κ3) is 11.3. The normalized spacial score (nSPS) is 16.1. The highest BCUT2D eigenvalue weighted by Crippen LogP contribution is 2.29. The van der Waals surface area contributed by atoms with Gasteiger partial charge in [-0.05, 0) is 101 Å². The van der Waals surface area contributed by atoms with Crippen LogP contribution in [-0.2, 0) is 6.54 Å². The smallest absolute Gasteiger partial charge is 0.144 e. The molecule has 0 spiro atoms. The molecule has 6 rings (SSSR count). The van der Waals surface area contributed by atoms with Gasteiger partial charge in [-0.3, -0.25) is 0 Å². The summed E-state index contributed by atoms with van der Waals surface area (Å²) in [6, 6.07) is 15.9. The van der Waals surface area contributed by atoms with Crippen LogP contribution in [-0.4, -0.2) is 23.4 Å². The number of aliphatic hydroxyl groups is 1. The first-order chi connectivity index (χ1) is 22.3. The summed E-state index contributed by atoms with van der Waals surface area (Å²) in [5, 5.41) is 25.7. The molecule has 3 saturated carbocycles. The lowest BCUT2D eigenvalue weighted by atomic mass is 10.2. The standard InChI is InChI=1S/C12H16FNO.C12H12FNO.C7H3F2N.C5H10O/c2*13-11-6-3-7-12(10(11)8-14)15-9-4-1-2-5-9;8-6-2-1-3-7(9)5(6)4-10;6-5-3-1-2-4-5/h3,6-7,9H,1-2,4-5,8,14H2;3,6-7,9H,1-2,4-5H2;1-3H;5-6H,1-4H2. The van der Waals surface area contributed by atoms with Gasteiger partial charge in [0, 0.05) is 12.1 Å². The maximum Gasteiger partial charge on any atom is 0.144 e. The summed E-state index contributed by atoms with van der Waals surface area (Å²) >= 11 is 0. The fourth-order valence-corrected chi connectivity index (χ4v) is 5.44. The Labute approximate surface area is 268 Å². The molecule has 246 valence electrons. The molecule has 0 aromatic heterocycles. The Bertz CT molecular complexity index is 1440. The Hall–Kier alpha value is -4.12. The second-order valence-corrected chi connectivity index (χ2v) is 11.3. The number of hydrogen-bond donors (Lipinski definition) is 2. The molecule has 0 aliphatic heterocycles. The number of rotatable bonds is 5. The van der Waals surface area contributed by atoms with Crippen LogP contribution in [0.1, 0.15) is 93.7 Å². The van der Waals surface area contributed by atoms with Gasteiger partial charge in [-0.1, -0.05) is 31.0 Å². The van der Waals surface area contributed by atoms with E-state index in [1.54, 1.807) is 24.3 Å². The molecule has 6 nitrogen and oxygen atoms in total. The third-order valence-corrected chi connectivity index (χ3v) is 7.96. The lowest BCUT2D eigenvalue weighted by molar-refractivity contribution is 0.183. The molecule has 0 saturated heterocycles. The van der Waals surface area contributed by atoms with Gasteiger partial charge in [0.2, 0.25) is 0 Å². The molecule has 0 amide bonds. The lowest BCUT2D eigenvalue weighted by Gasteiger charge is -2.16. The molecule has 0 atom stereocenters. The van der Waals surface area contributed by atoms with Crippen molar-refractivity contribution >= 4 is 0 Å². The Morgan fingerprint density at radius 1 is 0.609 bits per heavy atom. The molecule has 3 aromatic carbocycles. The molecular weight excluding hydrogens is 598 g/mol. The van der Waals surface area contributed by atoms with Gasteiger partial charge in [-0.15, -0.1) is 0 Å². The summed E-state index contributed by atoms with van der Waals surface area (Å²) in [5.41, 5.74) is 5.49. The van der Waals surface area contributed by atoms with E-state index in [2.05, 4.69) is 0 Å². The molecule has 3 aliphatic rings. The minimum Gasteiger partial charge on any atom is -0.490 e. The summed E-state index contributed by atoms with van der Waals surface area (Å²) in [4.78, 5) is 0. The largest absolute Gasteiger partial charge is 0.490 e. The van der Waals surface area contributed by atoms with Crippen molar-refractivity contribution in [1.82, 2.24) is 0 Å². The Balaban J connectivity index is 0.000000175. The number of ether oxygens (including phenoxy) is 2. The molecule has 10 heteroatoms. The van der Waals surface area contributed by atoms with Crippen LogP contribution in [0.3, 0.4) is 0 Å². The highest BCUT2D eigenvalue weighted by Gasteiger charge is 2.20. The number of nitrogens with two attached hydrogens (primary N) is 1. The molecule has 0 radical (unpaired) electrons. The molecule has 0 bridgehead atoms. The summed E-state index contributed by atoms with van der Waals surface area (Å²) in [7, 11) is 0. The zero-order chi connectivity index (χ0) is 33.3. The topological polar surface area (TPSA) is 112 Å². The van der Waals surface area contributed by atoms with Crippen LogP contribution in [0.5, 0.6) is 11.5 Å². The monoisotopic (exact) mass is 639 g/mol. The number of aliphatic hydroxyl groups excluding tert-OH is 1. The fourth-order valence-electron chi connectivity index (χ4n) is 5.44. The first kappa shape index (κ1) is 36.3. The zero-order valence-electron chi connectivity index (χ0n) is 25.9.